The van der Waals surface area contributed by atoms with Gasteiger partial charge in [-0.25, -0.2) is 4.39 Å². The van der Waals surface area contributed by atoms with Crippen molar-refractivity contribution in [2.75, 3.05) is 0 Å². The van der Waals surface area contributed by atoms with Crippen LogP contribution in [0.15, 0.2) is 24.3 Å². The number of hydrogen-bond donors (Lipinski definition) is 1. The van der Waals surface area contributed by atoms with E-state index in [1.807, 2.05) is 0 Å². The summed E-state index contributed by atoms with van der Waals surface area (Å²) in [5, 5.41) is 9.49. The standard InChI is InChI=1S/C16H17FO3/c1-9-6-10(4-5-13(9)17)12-7-11(18)8-16(2,3)14(12)15(19)20/h4-7,14H,8H2,1-3H3,(H,19,20). The maximum absolute atomic E-state index is 13.3. The Morgan fingerprint density at radius 1 is 1.40 bits per heavy atom. The first kappa shape index (κ1) is 14.4. The summed E-state index contributed by atoms with van der Waals surface area (Å²) in [7, 11) is 0. The fourth-order valence-corrected chi connectivity index (χ4v) is 2.82. The fourth-order valence-electron chi connectivity index (χ4n) is 2.82. The highest BCUT2D eigenvalue weighted by Crippen LogP contribution is 2.44. The van der Waals surface area contributed by atoms with Crippen molar-refractivity contribution in [2.24, 2.45) is 11.3 Å². The number of carboxylic acids is 1. The van der Waals surface area contributed by atoms with Gasteiger partial charge in [0.2, 0.25) is 0 Å². The summed E-state index contributed by atoms with van der Waals surface area (Å²) in [6.45, 7) is 5.16. The van der Waals surface area contributed by atoms with E-state index in [2.05, 4.69) is 0 Å². The predicted octanol–water partition coefficient (Wildman–Crippen LogP) is 3.22. The Morgan fingerprint density at radius 3 is 2.60 bits per heavy atom. The van der Waals surface area contributed by atoms with Crippen molar-refractivity contribution >= 4 is 17.3 Å². The van der Waals surface area contributed by atoms with Gasteiger partial charge in [-0.2, -0.15) is 0 Å². The lowest BCUT2D eigenvalue weighted by Gasteiger charge is -2.36. The molecule has 20 heavy (non-hydrogen) atoms. The normalized spacial score (nSPS) is 21.5. The van der Waals surface area contributed by atoms with Crippen molar-refractivity contribution in [2.45, 2.75) is 27.2 Å². The average molecular weight is 276 g/mol. The van der Waals surface area contributed by atoms with Gasteiger partial charge in [0, 0.05) is 6.42 Å². The summed E-state index contributed by atoms with van der Waals surface area (Å²) < 4.78 is 13.3. The van der Waals surface area contributed by atoms with Crippen LogP contribution in [-0.2, 0) is 9.59 Å². The quantitative estimate of drug-likeness (QED) is 0.902. The largest absolute Gasteiger partial charge is 0.481 e. The molecule has 0 heterocycles. The molecule has 1 aliphatic rings. The number of halogens is 1. The van der Waals surface area contributed by atoms with Gasteiger partial charge in [-0.15, -0.1) is 0 Å². The smallest absolute Gasteiger partial charge is 0.311 e. The molecule has 3 nitrogen and oxygen atoms in total. The zero-order valence-electron chi connectivity index (χ0n) is 11.7. The Kier molecular flexibility index (Phi) is 3.50. The highest BCUT2D eigenvalue weighted by Gasteiger charge is 2.42. The van der Waals surface area contributed by atoms with Gasteiger partial charge in [0.05, 0.1) is 5.92 Å². The van der Waals surface area contributed by atoms with Gasteiger partial charge in [-0.1, -0.05) is 19.9 Å². The summed E-state index contributed by atoms with van der Waals surface area (Å²) >= 11 is 0. The number of benzene rings is 1. The molecule has 1 atom stereocenters. The first-order valence-corrected chi connectivity index (χ1v) is 6.46. The number of aliphatic carboxylic acids is 1. The van der Waals surface area contributed by atoms with Crippen LogP contribution in [0.1, 0.15) is 31.4 Å². The second-order valence-corrected chi connectivity index (χ2v) is 5.97. The Labute approximate surface area is 117 Å². The first-order valence-electron chi connectivity index (χ1n) is 6.46. The zero-order chi connectivity index (χ0) is 15.1. The van der Waals surface area contributed by atoms with E-state index in [4.69, 9.17) is 0 Å². The molecule has 106 valence electrons. The summed E-state index contributed by atoms with van der Waals surface area (Å²) in [5.41, 5.74) is 0.831. The molecule has 0 bridgehead atoms. The molecule has 4 heteroatoms. The molecule has 0 saturated heterocycles. The van der Waals surface area contributed by atoms with Crippen LogP contribution >= 0.6 is 0 Å². The van der Waals surface area contributed by atoms with Crippen LogP contribution in [0.25, 0.3) is 5.57 Å². The molecule has 0 spiro atoms. The number of aryl methyl sites for hydroxylation is 1. The van der Waals surface area contributed by atoms with Crippen LogP contribution in [0.3, 0.4) is 0 Å². The monoisotopic (exact) mass is 276 g/mol. The predicted molar refractivity (Wildman–Crippen MR) is 73.6 cm³/mol. The van der Waals surface area contributed by atoms with Gasteiger partial charge in [-0.05, 0) is 47.2 Å². The highest BCUT2D eigenvalue weighted by molar-refractivity contribution is 6.04. The van der Waals surface area contributed by atoms with Crippen LogP contribution in [0.4, 0.5) is 4.39 Å². The fraction of sp³-hybridized carbons (Fsp3) is 0.375. The molecule has 0 amide bonds. The Morgan fingerprint density at radius 2 is 2.05 bits per heavy atom. The lowest BCUT2D eigenvalue weighted by molar-refractivity contribution is -0.143. The topological polar surface area (TPSA) is 54.4 Å². The number of carbonyl (C=O) groups is 2. The van der Waals surface area contributed by atoms with Gasteiger partial charge in [0.25, 0.3) is 0 Å². The number of allylic oxidation sites excluding steroid dienone is 1. The average Bonchev–Trinajstić information content (AvgIpc) is 2.29. The second-order valence-electron chi connectivity index (χ2n) is 5.97. The third-order valence-electron chi connectivity index (χ3n) is 3.78. The number of rotatable bonds is 2. The molecule has 0 aromatic heterocycles. The van der Waals surface area contributed by atoms with Crippen LogP contribution in [0.5, 0.6) is 0 Å². The molecule has 0 aliphatic heterocycles. The minimum Gasteiger partial charge on any atom is -0.481 e. The van der Waals surface area contributed by atoms with E-state index in [1.54, 1.807) is 26.8 Å². The molecule has 1 aromatic rings. The Balaban J connectivity index is 2.58. The van der Waals surface area contributed by atoms with E-state index in [9.17, 15) is 19.1 Å². The maximum Gasteiger partial charge on any atom is 0.311 e. The van der Waals surface area contributed by atoms with Crippen molar-refractivity contribution in [1.29, 1.82) is 0 Å². The zero-order valence-corrected chi connectivity index (χ0v) is 11.7. The molecule has 1 aliphatic carbocycles. The van der Waals surface area contributed by atoms with Crippen molar-refractivity contribution in [1.82, 2.24) is 0 Å². The molecule has 1 unspecified atom stereocenters. The number of carboxylic acid groups (broad SMARTS) is 1. The molecule has 0 fully saturated rings. The molecule has 1 aromatic carbocycles. The summed E-state index contributed by atoms with van der Waals surface area (Å²) in [5.74, 6) is -2.17. The number of carbonyl (C=O) groups excluding carboxylic acids is 1. The SMILES string of the molecule is Cc1cc(C2=CC(=O)CC(C)(C)C2C(=O)O)ccc1F. The van der Waals surface area contributed by atoms with Crippen molar-refractivity contribution < 1.29 is 19.1 Å². The maximum atomic E-state index is 13.3. The van der Waals surface area contributed by atoms with Crippen LogP contribution in [-0.4, -0.2) is 16.9 Å². The third-order valence-corrected chi connectivity index (χ3v) is 3.78. The van der Waals surface area contributed by atoms with Crippen molar-refractivity contribution in [3.63, 3.8) is 0 Å². The van der Waals surface area contributed by atoms with Crippen molar-refractivity contribution in [3.8, 4) is 0 Å². The van der Waals surface area contributed by atoms with E-state index in [-0.39, 0.29) is 18.0 Å². The first-order chi connectivity index (χ1) is 9.22. The van der Waals surface area contributed by atoms with Gasteiger partial charge in [-0.3, -0.25) is 9.59 Å². The van der Waals surface area contributed by atoms with E-state index in [0.717, 1.165) is 0 Å². The third kappa shape index (κ3) is 2.50. The van der Waals surface area contributed by atoms with Gasteiger partial charge in [0.15, 0.2) is 5.78 Å². The molecular weight excluding hydrogens is 259 g/mol. The van der Waals surface area contributed by atoms with Crippen LogP contribution < -0.4 is 0 Å². The van der Waals surface area contributed by atoms with E-state index < -0.39 is 17.3 Å². The van der Waals surface area contributed by atoms with Crippen LogP contribution in [0, 0.1) is 24.1 Å². The Bertz CT molecular complexity index is 614. The van der Waals surface area contributed by atoms with Gasteiger partial charge in [0.1, 0.15) is 5.82 Å². The minimum absolute atomic E-state index is 0.0931. The molecule has 0 saturated carbocycles. The van der Waals surface area contributed by atoms with Crippen molar-refractivity contribution in [3.05, 3.63) is 41.2 Å². The van der Waals surface area contributed by atoms with Gasteiger partial charge >= 0.3 is 5.97 Å². The highest BCUT2D eigenvalue weighted by atomic mass is 19.1. The lowest BCUT2D eigenvalue weighted by atomic mass is 9.66. The van der Waals surface area contributed by atoms with E-state index >= 15 is 0 Å². The lowest BCUT2D eigenvalue weighted by Crippen LogP contribution is -2.37. The molecular formula is C16H17FO3. The molecule has 2 rings (SSSR count). The van der Waals surface area contributed by atoms with Crippen LogP contribution in [0.2, 0.25) is 0 Å². The summed E-state index contributed by atoms with van der Waals surface area (Å²) in [6, 6.07) is 4.42. The Hall–Kier alpha value is -1.97. The molecule has 0 radical (unpaired) electrons. The molecule has 1 N–H and O–H groups in total. The summed E-state index contributed by atoms with van der Waals surface area (Å²) in [6.07, 6.45) is 1.59. The number of ketones is 1. The van der Waals surface area contributed by atoms with E-state index in [1.165, 1.54) is 18.2 Å². The van der Waals surface area contributed by atoms with Gasteiger partial charge < -0.3 is 5.11 Å². The second kappa shape index (κ2) is 4.85. The van der Waals surface area contributed by atoms with E-state index in [0.29, 0.717) is 16.7 Å². The number of hydrogen-bond acceptors (Lipinski definition) is 2. The minimum atomic E-state index is -0.962. The summed E-state index contributed by atoms with van der Waals surface area (Å²) in [4.78, 5) is 23.4.